The van der Waals surface area contributed by atoms with Crippen molar-refractivity contribution in [3.05, 3.63) is 59.7 Å². The summed E-state index contributed by atoms with van der Waals surface area (Å²) < 4.78 is 5.96. The number of nitrogens with one attached hydrogen (secondary N) is 1. The largest absolute Gasteiger partial charge is 0.378 e. The molecule has 1 amide bonds. The van der Waals surface area contributed by atoms with Crippen molar-refractivity contribution >= 4 is 17.3 Å². The van der Waals surface area contributed by atoms with E-state index in [-0.39, 0.29) is 5.91 Å². The normalized spacial score (nSPS) is 20.0. The molecule has 24 heavy (non-hydrogen) atoms. The van der Waals surface area contributed by atoms with Crippen molar-refractivity contribution < 1.29 is 9.53 Å². The van der Waals surface area contributed by atoms with E-state index in [1.165, 1.54) is 0 Å². The van der Waals surface area contributed by atoms with Gasteiger partial charge in [-0.05, 0) is 43.0 Å². The molecule has 4 heteroatoms. The van der Waals surface area contributed by atoms with Crippen LogP contribution in [0.25, 0.3) is 0 Å². The third-order valence-corrected chi connectivity index (χ3v) is 4.61. The number of hydrogen-bond donors (Lipinski definition) is 1. The van der Waals surface area contributed by atoms with Crippen LogP contribution in [0, 0.1) is 6.92 Å². The minimum atomic E-state index is -0.887. The van der Waals surface area contributed by atoms with Crippen LogP contribution in [-0.2, 0) is 15.1 Å². The minimum Gasteiger partial charge on any atom is -0.378 e. The molecule has 2 aromatic rings. The lowest BCUT2D eigenvalue weighted by Crippen LogP contribution is -2.40. The van der Waals surface area contributed by atoms with Gasteiger partial charge in [0.2, 0.25) is 0 Å². The van der Waals surface area contributed by atoms with Gasteiger partial charge in [0.15, 0.2) is 5.60 Å². The lowest BCUT2D eigenvalue weighted by molar-refractivity contribution is -0.136. The molecule has 0 spiro atoms. The third kappa shape index (κ3) is 3.02. The van der Waals surface area contributed by atoms with Gasteiger partial charge in [-0.1, -0.05) is 36.4 Å². The van der Waals surface area contributed by atoms with E-state index in [0.29, 0.717) is 13.0 Å². The summed E-state index contributed by atoms with van der Waals surface area (Å²) in [5, 5.41) is 3.10. The first-order valence-corrected chi connectivity index (χ1v) is 8.32. The Kier molecular flexibility index (Phi) is 4.58. The highest BCUT2D eigenvalue weighted by atomic mass is 16.5. The summed E-state index contributed by atoms with van der Waals surface area (Å²) in [5.74, 6) is -0.0924. The molecule has 2 aromatic carbocycles. The summed E-state index contributed by atoms with van der Waals surface area (Å²) in [6, 6.07) is 15.9. The summed E-state index contributed by atoms with van der Waals surface area (Å²) in [6.07, 6.45) is 1.59. The standard InChI is InChI=1S/C20H24N2O2/c1-15-10-11-17(22(2)3)14-18(15)21-19(23)20(12-7-13-24-20)16-8-5-4-6-9-16/h4-6,8-11,14H,7,12-13H2,1-3H3,(H,21,23). The Morgan fingerprint density at radius 3 is 2.54 bits per heavy atom. The number of anilines is 2. The predicted molar refractivity (Wildman–Crippen MR) is 97.4 cm³/mol. The molecule has 4 nitrogen and oxygen atoms in total. The van der Waals surface area contributed by atoms with Crippen LogP contribution in [0.2, 0.25) is 0 Å². The molecule has 0 aliphatic carbocycles. The number of amides is 1. The van der Waals surface area contributed by atoms with E-state index in [9.17, 15) is 4.79 Å². The maximum atomic E-state index is 13.1. The summed E-state index contributed by atoms with van der Waals surface area (Å²) in [4.78, 5) is 15.1. The van der Waals surface area contributed by atoms with Crippen LogP contribution in [0.1, 0.15) is 24.0 Å². The van der Waals surface area contributed by atoms with Crippen LogP contribution < -0.4 is 10.2 Å². The van der Waals surface area contributed by atoms with Crippen LogP contribution in [0.15, 0.2) is 48.5 Å². The molecule has 1 heterocycles. The van der Waals surface area contributed by atoms with Gasteiger partial charge >= 0.3 is 0 Å². The topological polar surface area (TPSA) is 41.6 Å². The summed E-state index contributed by atoms with van der Waals surface area (Å²) in [7, 11) is 3.98. The number of hydrogen-bond acceptors (Lipinski definition) is 3. The molecule has 0 saturated carbocycles. The number of ether oxygens (including phenoxy) is 1. The molecule has 1 N–H and O–H groups in total. The predicted octanol–water partition coefficient (Wildman–Crippen LogP) is 3.71. The molecule has 1 aliphatic heterocycles. The molecule has 0 radical (unpaired) electrons. The second-order valence-corrected chi connectivity index (χ2v) is 6.49. The first kappa shape index (κ1) is 16.5. The van der Waals surface area contributed by atoms with Gasteiger partial charge in [-0.25, -0.2) is 0 Å². The number of carbonyl (C=O) groups is 1. The van der Waals surface area contributed by atoms with Crippen LogP contribution in [0.3, 0.4) is 0 Å². The maximum Gasteiger partial charge on any atom is 0.261 e. The first-order chi connectivity index (χ1) is 11.5. The second-order valence-electron chi connectivity index (χ2n) is 6.49. The first-order valence-electron chi connectivity index (χ1n) is 8.32. The van der Waals surface area contributed by atoms with Gasteiger partial charge < -0.3 is 15.0 Å². The Bertz CT molecular complexity index is 720. The minimum absolute atomic E-state index is 0.0924. The molecule has 1 fully saturated rings. The Balaban J connectivity index is 1.92. The fourth-order valence-electron chi connectivity index (χ4n) is 3.13. The van der Waals surface area contributed by atoms with Crippen molar-refractivity contribution in [2.24, 2.45) is 0 Å². The van der Waals surface area contributed by atoms with Crippen molar-refractivity contribution in [3.8, 4) is 0 Å². The Labute approximate surface area is 143 Å². The van der Waals surface area contributed by atoms with E-state index in [1.54, 1.807) is 0 Å². The highest BCUT2D eigenvalue weighted by Crippen LogP contribution is 2.37. The van der Waals surface area contributed by atoms with Crippen molar-refractivity contribution in [1.82, 2.24) is 0 Å². The highest BCUT2D eigenvalue weighted by Gasteiger charge is 2.44. The van der Waals surface area contributed by atoms with Gasteiger partial charge in [-0.3, -0.25) is 4.79 Å². The van der Waals surface area contributed by atoms with Gasteiger partial charge in [-0.2, -0.15) is 0 Å². The Hall–Kier alpha value is -2.33. The van der Waals surface area contributed by atoms with Gasteiger partial charge in [0.1, 0.15) is 0 Å². The van der Waals surface area contributed by atoms with Crippen LogP contribution in [0.4, 0.5) is 11.4 Å². The Morgan fingerprint density at radius 1 is 1.17 bits per heavy atom. The molecular weight excluding hydrogens is 300 g/mol. The zero-order chi connectivity index (χ0) is 17.2. The monoisotopic (exact) mass is 324 g/mol. The molecule has 126 valence electrons. The SMILES string of the molecule is Cc1ccc(N(C)C)cc1NC(=O)C1(c2ccccc2)CCCO1. The molecule has 1 unspecified atom stereocenters. The zero-order valence-electron chi connectivity index (χ0n) is 14.5. The fraction of sp³-hybridized carbons (Fsp3) is 0.350. The van der Waals surface area contributed by atoms with E-state index in [2.05, 4.69) is 5.32 Å². The third-order valence-electron chi connectivity index (χ3n) is 4.61. The average Bonchev–Trinajstić information content (AvgIpc) is 3.08. The molecule has 1 atom stereocenters. The van der Waals surface area contributed by atoms with E-state index in [4.69, 9.17) is 4.74 Å². The number of nitrogens with zero attached hydrogens (tertiary/aromatic N) is 1. The van der Waals surface area contributed by atoms with Crippen molar-refractivity contribution in [3.63, 3.8) is 0 Å². The number of rotatable bonds is 4. The summed E-state index contributed by atoms with van der Waals surface area (Å²) in [6.45, 7) is 2.61. The number of carbonyl (C=O) groups excluding carboxylic acids is 1. The van der Waals surface area contributed by atoms with Crippen molar-refractivity contribution in [2.75, 3.05) is 30.9 Å². The van der Waals surface area contributed by atoms with Gasteiger partial charge in [0.25, 0.3) is 5.91 Å². The maximum absolute atomic E-state index is 13.1. The van der Waals surface area contributed by atoms with E-state index >= 15 is 0 Å². The van der Waals surface area contributed by atoms with Crippen LogP contribution in [0.5, 0.6) is 0 Å². The molecule has 0 aromatic heterocycles. The average molecular weight is 324 g/mol. The van der Waals surface area contributed by atoms with Gasteiger partial charge in [0.05, 0.1) is 0 Å². The lowest BCUT2D eigenvalue weighted by Gasteiger charge is -2.28. The fourth-order valence-corrected chi connectivity index (χ4v) is 3.13. The zero-order valence-corrected chi connectivity index (χ0v) is 14.5. The molecular formula is C20H24N2O2. The summed E-state index contributed by atoms with van der Waals surface area (Å²) >= 11 is 0. The van der Waals surface area contributed by atoms with E-state index in [1.807, 2.05) is 74.4 Å². The van der Waals surface area contributed by atoms with Crippen LogP contribution >= 0.6 is 0 Å². The quantitative estimate of drug-likeness (QED) is 0.932. The summed E-state index contributed by atoms with van der Waals surface area (Å²) in [5.41, 5.74) is 2.95. The van der Waals surface area contributed by atoms with E-state index in [0.717, 1.165) is 28.9 Å². The van der Waals surface area contributed by atoms with Gasteiger partial charge in [-0.15, -0.1) is 0 Å². The van der Waals surface area contributed by atoms with Gasteiger partial charge in [0, 0.05) is 32.1 Å². The van der Waals surface area contributed by atoms with Crippen molar-refractivity contribution in [1.29, 1.82) is 0 Å². The molecule has 1 aliphatic rings. The van der Waals surface area contributed by atoms with E-state index < -0.39 is 5.60 Å². The number of aryl methyl sites for hydroxylation is 1. The molecule has 1 saturated heterocycles. The number of benzene rings is 2. The molecule has 3 rings (SSSR count). The second kappa shape index (κ2) is 6.65. The van der Waals surface area contributed by atoms with Crippen molar-refractivity contribution in [2.45, 2.75) is 25.4 Å². The Morgan fingerprint density at radius 2 is 1.92 bits per heavy atom. The smallest absolute Gasteiger partial charge is 0.261 e. The highest BCUT2D eigenvalue weighted by molar-refractivity contribution is 5.99. The molecule has 0 bridgehead atoms. The lowest BCUT2D eigenvalue weighted by atomic mass is 9.89. The van der Waals surface area contributed by atoms with Crippen LogP contribution in [-0.4, -0.2) is 26.6 Å².